The number of primary amides is 1. The molecular formula is C14H10ClNO2. The zero-order valence-corrected chi connectivity index (χ0v) is 10.1. The van der Waals surface area contributed by atoms with Crippen molar-refractivity contribution in [2.24, 2.45) is 5.73 Å². The Bertz CT molecular complexity index is 605. The van der Waals surface area contributed by atoms with Gasteiger partial charge in [-0.1, -0.05) is 29.8 Å². The average Bonchev–Trinajstić information content (AvgIpc) is 2.39. The molecule has 0 radical (unpaired) electrons. The number of rotatable bonds is 3. The van der Waals surface area contributed by atoms with Crippen LogP contribution in [0.2, 0.25) is 5.02 Å². The minimum atomic E-state index is -0.618. The first-order valence-corrected chi connectivity index (χ1v) is 5.66. The predicted molar refractivity (Wildman–Crippen MR) is 69.8 cm³/mol. The van der Waals surface area contributed by atoms with E-state index in [0.717, 1.165) is 0 Å². The van der Waals surface area contributed by atoms with Crippen LogP contribution < -0.4 is 5.73 Å². The number of amides is 1. The van der Waals surface area contributed by atoms with Crippen LogP contribution >= 0.6 is 11.6 Å². The third-order valence-corrected chi connectivity index (χ3v) is 2.80. The molecule has 0 spiro atoms. The number of hydrogen-bond donors (Lipinski definition) is 1. The number of benzene rings is 2. The maximum absolute atomic E-state index is 12.2. The van der Waals surface area contributed by atoms with E-state index >= 15 is 0 Å². The Morgan fingerprint density at radius 1 is 0.889 bits per heavy atom. The highest BCUT2D eigenvalue weighted by molar-refractivity contribution is 6.30. The second-order valence-corrected chi connectivity index (χ2v) is 4.18. The average molecular weight is 260 g/mol. The van der Waals surface area contributed by atoms with Crippen LogP contribution in [0.5, 0.6) is 0 Å². The van der Waals surface area contributed by atoms with Gasteiger partial charge in [-0.05, 0) is 30.3 Å². The minimum Gasteiger partial charge on any atom is -0.366 e. The SMILES string of the molecule is NC(=O)c1ccccc1C(=O)c1ccc(Cl)cc1. The van der Waals surface area contributed by atoms with Crippen molar-refractivity contribution in [2.75, 3.05) is 0 Å². The third-order valence-electron chi connectivity index (χ3n) is 2.54. The van der Waals surface area contributed by atoms with Gasteiger partial charge in [-0.2, -0.15) is 0 Å². The molecule has 0 heterocycles. The molecule has 2 N–H and O–H groups in total. The van der Waals surface area contributed by atoms with E-state index in [0.29, 0.717) is 16.1 Å². The van der Waals surface area contributed by atoms with Crippen molar-refractivity contribution >= 4 is 23.3 Å². The Hall–Kier alpha value is -2.13. The molecule has 4 heteroatoms. The van der Waals surface area contributed by atoms with E-state index in [-0.39, 0.29) is 11.3 Å². The first-order chi connectivity index (χ1) is 8.59. The molecule has 0 fully saturated rings. The molecule has 3 nitrogen and oxygen atoms in total. The Morgan fingerprint density at radius 3 is 2.00 bits per heavy atom. The largest absolute Gasteiger partial charge is 0.366 e. The molecule has 0 unspecified atom stereocenters. The van der Waals surface area contributed by atoms with Crippen LogP contribution in [-0.4, -0.2) is 11.7 Å². The summed E-state index contributed by atoms with van der Waals surface area (Å²) in [6.07, 6.45) is 0. The van der Waals surface area contributed by atoms with Gasteiger partial charge in [0, 0.05) is 16.1 Å². The fourth-order valence-electron chi connectivity index (χ4n) is 1.65. The summed E-state index contributed by atoms with van der Waals surface area (Å²) in [6, 6.07) is 12.9. The summed E-state index contributed by atoms with van der Waals surface area (Å²) < 4.78 is 0. The van der Waals surface area contributed by atoms with Crippen molar-refractivity contribution in [2.45, 2.75) is 0 Å². The molecule has 0 saturated heterocycles. The molecule has 2 rings (SSSR count). The number of hydrogen-bond acceptors (Lipinski definition) is 2. The van der Waals surface area contributed by atoms with E-state index < -0.39 is 5.91 Å². The van der Waals surface area contributed by atoms with E-state index in [1.807, 2.05) is 0 Å². The van der Waals surface area contributed by atoms with Crippen LogP contribution in [0, 0.1) is 0 Å². The van der Waals surface area contributed by atoms with Gasteiger partial charge in [0.1, 0.15) is 0 Å². The molecule has 18 heavy (non-hydrogen) atoms. The molecule has 0 saturated carbocycles. The van der Waals surface area contributed by atoms with Crippen LogP contribution in [-0.2, 0) is 0 Å². The summed E-state index contributed by atoms with van der Waals surface area (Å²) in [6.45, 7) is 0. The molecule has 0 bridgehead atoms. The fourth-order valence-corrected chi connectivity index (χ4v) is 1.78. The molecule has 2 aromatic carbocycles. The van der Waals surface area contributed by atoms with Crippen molar-refractivity contribution in [1.29, 1.82) is 0 Å². The van der Waals surface area contributed by atoms with Gasteiger partial charge in [0.25, 0.3) is 0 Å². The van der Waals surface area contributed by atoms with Crippen LogP contribution in [0.3, 0.4) is 0 Å². The second-order valence-electron chi connectivity index (χ2n) is 3.75. The molecule has 1 amide bonds. The Morgan fingerprint density at radius 2 is 1.44 bits per heavy atom. The van der Waals surface area contributed by atoms with Gasteiger partial charge >= 0.3 is 0 Å². The van der Waals surface area contributed by atoms with Crippen molar-refractivity contribution < 1.29 is 9.59 Å². The lowest BCUT2D eigenvalue weighted by molar-refractivity contribution is 0.0981. The smallest absolute Gasteiger partial charge is 0.249 e. The van der Waals surface area contributed by atoms with Crippen LogP contribution in [0.25, 0.3) is 0 Å². The number of carbonyl (C=O) groups is 2. The Labute approximate surface area is 109 Å². The standard InChI is InChI=1S/C14H10ClNO2/c15-10-7-5-9(6-8-10)13(17)11-3-1-2-4-12(11)14(16)18/h1-8H,(H2,16,18). The fraction of sp³-hybridized carbons (Fsp3) is 0. The monoisotopic (exact) mass is 259 g/mol. The summed E-state index contributed by atoms with van der Waals surface area (Å²) in [4.78, 5) is 23.5. The molecule has 90 valence electrons. The zero-order valence-electron chi connectivity index (χ0n) is 9.39. The molecule has 0 atom stereocenters. The topological polar surface area (TPSA) is 60.2 Å². The lowest BCUT2D eigenvalue weighted by Gasteiger charge is -2.05. The van der Waals surface area contributed by atoms with Gasteiger partial charge < -0.3 is 5.73 Å². The highest BCUT2D eigenvalue weighted by Gasteiger charge is 2.15. The van der Waals surface area contributed by atoms with Crippen LogP contribution in [0.15, 0.2) is 48.5 Å². The van der Waals surface area contributed by atoms with Crippen molar-refractivity contribution in [1.82, 2.24) is 0 Å². The zero-order chi connectivity index (χ0) is 13.1. The third kappa shape index (κ3) is 2.41. The number of nitrogens with two attached hydrogens (primary N) is 1. The summed E-state index contributed by atoms with van der Waals surface area (Å²) in [5.74, 6) is -0.867. The second kappa shape index (κ2) is 5.02. The van der Waals surface area contributed by atoms with Gasteiger partial charge in [-0.3, -0.25) is 9.59 Å². The first kappa shape index (κ1) is 12.3. The predicted octanol–water partition coefficient (Wildman–Crippen LogP) is 2.67. The maximum Gasteiger partial charge on any atom is 0.249 e. The summed E-state index contributed by atoms with van der Waals surface area (Å²) in [5, 5.41) is 0.551. The van der Waals surface area contributed by atoms with Crippen molar-refractivity contribution in [3.8, 4) is 0 Å². The normalized spacial score (nSPS) is 10.1. The molecule has 2 aromatic rings. The van der Waals surface area contributed by atoms with E-state index in [9.17, 15) is 9.59 Å². The number of halogens is 1. The van der Waals surface area contributed by atoms with Gasteiger partial charge in [-0.25, -0.2) is 0 Å². The Balaban J connectivity index is 2.46. The maximum atomic E-state index is 12.2. The highest BCUT2D eigenvalue weighted by atomic mass is 35.5. The van der Waals surface area contributed by atoms with E-state index in [2.05, 4.69) is 0 Å². The summed E-state index contributed by atoms with van der Waals surface area (Å²) in [5.41, 5.74) is 6.23. The van der Waals surface area contributed by atoms with Crippen LogP contribution in [0.1, 0.15) is 26.3 Å². The van der Waals surface area contributed by atoms with Gasteiger partial charge in [-0.15, -0.1) is 0 Å². The van der Waals surface area contributed by atoms with E-state index in [4.69, 9.17) is 17.3 Å². The number of ketones is 1. The first-order valence-electron chi connectivity index (χ1n) is 5.28. The van der Waals surface area contributed by atoms with E-state index in [1.165, 1.54) is 6.07 Å². The van der Waals surface area contributed by atoms with Crippen LogP contribution in [0.4, 0.5) is 0 Å². The van der Waals surface area contributed by atoms with E-state index in [1.54, 1.807) is 42.5 Å². The quantitative estimate of drug-likeness (QED) is 0.862. The summed E-state index contributed by atoms with van der Waals surface area (Å²) in [7, 11) is 0. The molecule has 0 aliphatic heterocycles. The van der Waals surface area contributed by atoms with Gasteiger partial charge in [0.05, 0.1) is 5.56 Å². The molecular weight excluding hydrogens is 250 g/mol. The summed E-state index contributed by atoms with van der Waals surface area (Å²) >= 11 is 5.76. The van der Waals surface area contributed by atoms with Crippen molar-refractivity contribution in [3.05, 3.63) is 70.2 Å². The highest BCUT2D eigenvalue weighted by Crippen LogP contribution is 2.16. The van der Waals surface area contributed by atoms with Gasteiger partial charge in [0.15, 0.2) is 5.78 Å². The van der Waals surface area contributed by atoms with Crippen molar-refractivity contribution in [3.63, 3.8) is 0 Å². The Kier molecular flexibility index (Phi) is 3.44. The molecule has 0 aliphatic rings. The molecule has 0 aliphatic carbocycles. The lowest BCUT2D eigenvalue weighted by atomic mass is 9.98. The molecule has 0 aromatic heterocycles. The lowest BCUT2D eigenvalue weighted by Crippen LogP contribution is -2.16. The minimum absolute atomic E-state index is 0.220. The van der Waals surface area contributed by atoms with Gasteiger partial charge in [0.2, 0.25) is 5.91 Å². The number of carbonyl (C=O) groups excluding carboxylic acids is 2.